The first-order valence-corrected chi connectivity index (χ1v) is 8.80. The molecule has 6 heteroatoms. The van der Waals surface area contributed by atoms with Gasteiger partial charge in [0.2, 0.25) is 5.91 Å². The molecule has 0 aromatic carbocycles. The molecule has 1 fully saturated rings. The van der Waals surface area contributed by atoms with E-state index >= 15 is 0 Å². The summed E-state index contributed by atoms with van der Waals surface area (Å²) in [4.78, 5) is 24.5. The fourth-order valence-corrected chi connectivity index (χ4v) is 3.89. The van der Waals surface area contributed by atoms with Crippen molar-refractivity contribution in [2.24, 2.45) is 29.6 Å². The van der Waals surface area contributed by atoms with Crippen LogP contribution < -0.4 is 5.32 Å². The van der Waals surface area contributed by atoms with Gasteiger partial charge >= 0.3 is 5.97 Å². The number of aliphatic carboxylic acids is 1. The fourth-order valence-electron chi connectivity index (χ4n) is 3.89. The van der Waals surface area contributed by atoms with E-state index in [4.69, 9.17) is 9.15 Å². The van der Waals surface area contributed by atoms with Gasteiger partial charge in [0.15, 0.2) is 0 Å². The lowest BCUT2D eigenvalue weighted by molar-refractivity contribution is -0.148. The van der Waals surface area contributed by atoms with E-state index < -0.39 is 23.8 Å². The van der Waals surface area contributed by atoms with Crippen LogP contribution in [0.4, 0.5) is 0 Å². The second kappa shape index (κ2) is 7.44. The van der Waals surface area contributed by atoms with Crippen LogP contribution >= 0.6 is 0 Å². The molecule has 0 saturated heterocycles. The molecule has 0 spiro atoms. The van der Waals surface area contributed by atoms with Crippen LogP contribution in [0.5, 0.6) is 0 Å². The van der Waals surface area contributed by atoms with Crippen molar-refractivity contribution < 1.29 is 23.8 Å². The summed E-state index contributed by atoms with van der Waals surface area (Å²) in [7, 11) is 0. The molecule has 1 heterocycles. The molecule has 2 aliphatic carbocycles. The van der Waals surface area contributed by atoms with Gasteiger partial charge in [-0.2, -0.15) is 0 Å². The topological polar surface area (TPSA) is 88.8 Å². The van der Waals surface area contributed by atoms with Gasteiger partial charge in [-0.05, 0) is 36.3 Å². The minimum Gasteiger partial charge on any atom is -0.481 e. The third kappa shape index (κ3) is 3.79. The van der Waals surface area contributed by atoms with E-state index in [0.29, 0.717) is 24.9 Å². The summed E-state index contributed by atoms with van der Waals surface area (Å²) in [6.07, 6.45) is 6.20. The zero-order valence-electron chi connectivity index (χ0n) is 14.6. The van der Waals surface area contributed by atoms with Crippen LogP contribution in [0.25, 0.3) is 0 Å². The maximum absolute atomic E-state index is 12.8. The van der Waals surface area contributed by atoms with Crippen LogP contribution in [-0.4, -0.2) is 30.2 Å². The highest BCUT2D eigenvalue weighted by molar-refractivity contribution is 5.87. The Morgan fingerprint density at radius 1 is 1.28 bits per heavy atom. The van der Waals surface area contributed by atoms with Crippen molar-refractivity contribution in [3.8, 4) is 0 Å². The zero-order chi connectivity index (χ0) is 18.0. The third-order valence-electron chi connectivity index (χ3n) is 4.99. The molecular formula is C19H25NO5. The van der Waals surface area contributed by atoms with Crippen LogP contribution in [-0.2, 0) is 14.3 Å². The predicted molar refractivity (Wildman–Crippen MR) is 90.6 cm³/mol. The summed E-state index contributed by atoms with van der Waals surface area (Å²) in [5.74, 6) is -1.36. The van der Waals surface area contributed by atoms with Gasteiger partial charge in [0, 0.05) is 6.61 Å². The lowest BCUT2D eigenvalue weighted by Gasteiger charge is -2.26. The number of allylic oxidation sites excluding steroid dienone is 2. The molecule has 2 N–H and O–H groups in total. The monoisotopic (exact) mass is 347 g/mol. The molecule has 1 amide bonds. The number of rotatable bonds is 8. The molecule has 1 aromatic rings. The Labute approximate surface area is 147 Å². The molecule has 0 radical (unpaired) electrons. The van der Waals surface area contributed by atoms with Gasteiger partial charge in [0.1, 0.15) is 11.8 Å². The highest BCUT2D eigenvalue weighted by Gasteiger charge is 2.51. The Morgan fingerprint density at radius 3 is 2.60 bits per heavy atom. The smallest absolute Gasteiger partial charge is 0.307 e. The quantitative estimate of drug-likeness (QED) is 0.706. The van der Waals surface area contributed by atoms with Crippen LogP contribution in [0.1, 0.15) is 32.1 Å². The Morgan fingerprint density at radius 2 is 2.00 bits per heavy atom. The number of nitrogens with one attached hydrogen (secondary N) is 1. The van der Waals surface area contributed by atoms with Crippen molar-refractivity contribution in [3.05, 3.63) is 36.3 Å². The van der Waals surface area contributed by atoms with E-state index in [1.54, 1.807) is 18.4 Å². The van der Waals surface area contributed by atoms with Crippen LogP contribution in [0.2, 0.25) is 0 Å². The molecule has 5 atom stereocenters. The van der Waals surface area contributed by atoms with Crippen molar-refractivity contribution in [2.75, 3.05) is 13.2 Å². The van der Waals surface area contributed by atoms with Gasteiger partial charge in [0.25, 0.3) is 0 Å². The van der Waals surface area contributed by atoms with E-state index in [9.17, 15) is 14.7 Å². The van der Waals surface area contributed by atoms with Crippen LogP contribution in [0.15, 0.2) is 35.0 Å². The first kappa shape index (κ1) is 17.7. The second-order valence-electron chi connectivity index (χ2n) is 7.35. The van der Waals surface area contributed by atoms with Gasteiger partial charge in [-0.1, -0.05) is 26.0 Å². The largest absolute Gasteiger partial charge is 0.481 e. The number of carbonyl (C=O) groups excluding carboxylic acids is 1. The van der Waals surface area contributed by atoms with Crippen LogP contribution in [0.3, 0.4) is 0 Å². The molecule has 1 aromatic heterocycles. The molecule has 136 valence electrons. The predicted octanol–water partition coefficient (Wildman–Crippen LogP) is 2.63. The summed E-state index contributed by atoms with van der Waals surface area (Å²) in [6.45, 7) is 4.99. The number of fused-ring (bicyclic) bond motifs is 2. The summed E-state index contributed by atoms with van der Waals surface area (Å²) in [6, 6.07) is 3.13. The van der Waals surface area contributed by atoms with Crippen molar-refractivity contribution in [2.45, 2.75) is 26.3 Å². The molecule has 6 nitrogen and oxygen atoms in total. The number of carboxylic acids is 1. The van der Waals surface area contributed by atoms with Gasteiger partial charge in [-0.25, -0.2) is 0 Å². The Balaban J connectivity index is 1.69. The third-order valence-corrected chi connectivity index (χ3v) is 4.99. The standard InChI is InChI=1S/C19H25NO5/c1-11(2)9-24-10-14(15-4-3-7-25-15)20-18(21)16-12-5-6-13(8-12)17(16)19(22)23/h3-7,11-14,16-17H,8-10H2,1-2H3,(H,20,21)(H,22,23). The number of hydrogen-bond donors (Lipinski definition) is 2. The Hall–Kier alpha value is -2.08. The molecule has 25 heavy (non-hydrogen) atoms. The van der Waals surface area contributed by atoms with Gasteiger partial charge < -0.3 is 19.6 Å². The average Bonchev–Trinajstić information content (AvgIpc) is 3.29. The molecular weight excluding hydrogens is 322 g/mol. The van der Waals surface area contributed by atoms with Crippen molar-refractivity contribution in [1.82, 2.24) is 5.32 Å². The summed E-state index contributed by atoms with van der Waals surface area (Å²) in [5.41, 5.74) is 0. The number of hydrogen-bond acceptors (Lipinski definition) is 4. The van der Waals surface area contributed by atoms with Crippen molar-refractivity contribution in [1.29, 1.82) is 0 Å². The van der Waals surface area contributed by atoms with E-state index in [1.165, 1.54) is 0 Å². The maximum Gasteiger partial charge on any atom is 0.307 e. The van der Waals surface area contributed by atoms with Crippen molar-refractivity contribution in [3.63, 3.8) is 0 Å². The minimum atomic E-state index is -0.900. The van der Waals surface area contributed by atoms with Gasteiger partial charge in [0.05, 0.1) is 24.7 Å². The highest BCUT2D eigenvalue weighted by Crippen LogP contribution is 2.48. The zero-order valence-corrected chi connectivity index (χ0v) is 14.6. The summed E-state index contributed by atoms with van der Waals surface area (Å²) < 4.78 is 11.1. The number of carboxylic acid groups (broad SMARTS) is 1. The lowest BCUT2D eigenvalue weighted by atomic mass is 9.82. The summed E-state index contributed by atoms with van der Waals surface area (Å²) >= 11 is 0. The number of furan rings is 1. The van der Waals surface area contributed by atoms with Crippen molar-refractivity contribution >= 4 is 11.9 Å². The fraction of sp³-hybridized carbons (Fsp3) is 0.579. The normalized spacial score (nSPS) is 28.4. The molecule has 5 unspecified atom stereocenters. The number of ether oxygens (including phenoxy) is 1. The minimum absolute atomic E-state index is 0.0000616. The van der Waals surface area contributed by atoms with E-state index in [1.807, 2.05) is 12.2 Å². The molecule has 3 rings (SSSR count). The van der Waals surface area contributed by atoms with Gasteiger partial charge in [-0.3, -0.25) is 9.59 Å². The van der Waals surface area contributed by atoms with E-state index in [2.05, 4.69) is 19.2 Å². The maximum atomic E-state index is 12.8. The van der Waals surface area contributed by atoms with E-state index in [-0.39, 0.29) is 17.7 Å². The summed E-state index contributed by atoms with van der Waals surface area (Å²) in [5, 5.41) is 12.5. The van der Waals surface area contributed by atoms with E-state index in [0.717, 1.165) is 6.42 Å². The first-order valence-electron chi connectivity index (χ1n) is 8.80. The molecule has 1 saturated carbocycles. The highest BCUT2D eigenvalue weighted by atomic mass is 16.5. The number of amides is 1. The van der Waals surface area contributed by atoms with Crippen LogP contribution in [0, 0.1) is 29.6 Å². The lowest BCUT2D eigenvalue weighted by Crippen LogP contribution is -2.42. The molecule has 2 bridgehead atoms. The number of carbonyl (C=O) groups is 2. The second-order valence-corrected chi connectivity index (χ2v) is 7.35. The van der Waals surface area contributed by atoms with Gasteiger partial charge in [-0.15, -0.1) is 0 Å². The molecule has 0 aliphatic heterocycles. The Kier molecular flexibility index (Phi) is 5.27. The molecule has 2 aliphatic rings. The average molecular weight is 347 g/mol. The Bertz CT molecular complexity index is 636. The first-order chi connectivity index (χ1) is 12.0. The SMILES string of the molecule is CC(C)COCC(NC(=O)C1C2C=CC(C2)C1C(=O)O)c1ccco1.